The molecule has 0 bridgehead atoms. The fourth-order valence-electron chi connectivity index (χ4n) is 1.96. The Bertz CT molecular complexity index is 665. The lowest BCUT2D eigenvalue weighted by Gasteiger charge is -2.13. The van der Waals surface area contributed by atoms with Crippen molar-refractivity contribution < 1.29 is 9.59 Å². The highest BCUT2D eigenvalue weighted by Crippen LogP contribution is 2.20. The lowest BCUT2D eigenvalue weighted by Crippen LogP contribution is -2.34. The van der Waals surface area contributed by atoms with Crippen molar-refractivity contribution in [2.75, 3.05) is 20.8 Å². The molecule has 2 amide bonds. The van der Waals surface area contributed by atoms with Crippen LogP contribution >= 0.6 is 0 Å². The SMILES string of the molecule is CN(C)CNC(=O)c1cc2ccccc2cc1C(N)=O. The van der Waals surface area contributed by atoms with Gasteiger partial charge in [0.25, 0.3) is 5.91 Å². The Morgan fingerprint density at radius 3 is 2.15 bits per heavy atom. The number of primary amides is 1. The van der Waals surface area contributed by atoms with Crippen LogP contribution in [0, 0.1) is 0 Å². The Kier molecular flexibility index (Phi) is 4.00. The van der Waals surface area contributed by atoms with Gasteiger partial charge in [0.05, 0.1) is 17.8 Å². The number of nitrogens with zero attached hydrogens (tertiary/aromatic N) is 1. The highest BCUT2D eigenvalue weighted by atomic mass is 16.2. The fraction of sp³-hybridized carbons (Fsp3) is 0.200. The zero-order valence-corrected chi connectivity index (χ0v) is 11.5. The van der Waals surface area contributed by atoms with Gasteiger partial charge >= 0.3 is 0 Å². The second kappa shape index (κ2) is 5.71. The zero-order valence-electron chi connectivity index (χ0n) is 11.5. The van der Waals surface area contributed by atoms with Crippen LogP contribution < -0.4 is 11.1 Å². The van der Waals surface area contributed by atoms with Crippen molar-refractivity contribution in [3.63, 3.8) is 0 Å². The van der Waals surface area contributed by atoms with E-state index < -0.39 is 5.91 Å². The topological polar surface area (TPSA) is 75.4 Å². The normalized spacial score (nSPS) is 10.8. The van der Waals surface area contributed by atoms with E-state index in [9.17, 15) is 9.59 Å². The summed E-state index contributed by atoms with van der Waals surface area (Å²) in [4.78, 5) is 25.5. The fourth-order valence-corrected chi connectivity index (χ4v) is 1.96. The van der Waals surface area contributed by atoms with Crippen molar-refractivity contribution in [2.24, 2.45) is 5.73 Å². The molecule has 0 saturated carbocycles. The smallest absolute Gasteiger partial charge is 0.253 e. The summed E-state index contributed by atoms with van der Waals surface area (Å²) in [5, 5.41) is 4.51. The van der Waals surface area contributed by atoms with Gasteiger partial charge in [0.15, 0.2) is 0 Å². The molecule has 104 valence electrons. The minimum atomic E-state index is -0.606. The molecule has 0 radical (unpaired) electrons. The predicted octanol–water partition coefficient (Wildman–Crippen LogP) is 1.19. The number of amides is 2. The van der Waals surface area contributed by atoms with E-state index in [-0.39, 0.29) is 11.5 Å². The van der Waals surface area contributed by atoms with Crippen molar-refractivity contribution >= 4 is 22.6 Å². The Balaban J connectivity index is 2.46. The standard InChI is InChI=1S/C15H17N3O2/c1-18(2)9-17-15(20)13-8-11-6-4-3-5-10(11)7-12(13)14(16)19/h3-8H,9H2,1-2H3,(H2,16,19)(H,17,20). The first-order valence-electron chi connectivity index (χ1n) is 6.24. The van der Waals surface area contributed by atoms with Gasteiger partial charge in [-0.3, -0.25) is 14.5 Å². The van der Waals surface area contributed by atoms with Crippen molar-refractivity contribution in [3.05, 3.63) is 47.5 Å². The van der Waals surface area contributed by atoms with Crippen LogP contribution in [0.2, 0.25) is 0 Å². The third-order valence-corrected chi connectivity index (χ3v) is 2.95. The van der Waals surface area contributed by atoms with Gasteiger partial charge in [-0.05, 0) is 37.0 Å². The van der Waals surface area contributed by atoms with Crippen molar-refractivity contribution in [1.29, 1.82) is 0 Å². The van der Waals surface area contributed by atoms with Crippen molar-refractivity contribution in [1.82, 2.24) is 10.2 Å². The van der Waals surface area contributed by atoms with E-state index in [1.807, 2.05) is 43.3 Å². The Morgan fingerprint density at radius 2 is 1.65 bits per heavy atom. The largest absolute Gasteiger partial charge is 0.366 e. The maximum atomic E-state index is 12.2. The molecule has 0 spiro atoms. The maximum Gasteiger partial charge on any atom is 0.253 e. The van der Waals surface area contributed by atoms with Gasteiger partial charge in [0.1, 0.15) is 0 Å². The first-order valence-corrected chi connectivity index (χ1v) is 6.24. The molecule has 0 fully saturated rings. The van der Waals surface area contributed by atoms with E-state index >= 15 is 0 Å². The first kappa shape index (κ1) is 14.0. The summed E-state index contributed by atoms with van der Waals surface area (Å²) in [5.41, 5.74) is 5.91. The molecule has 0 aromatic heterocycles. The molecule has 0 heterocycles. The molecule has 0 saturated heterocycles. The molecule has 20 heavy (non-hydrogen) atoms. The molecule has 5 heteroatoms. The Hall–Kier alpha value is -2.40. The van der Waals surface area contributed by atoms with E-state index in [4.69, 9.17) is 5.73 Å². The minimum Gasteiger partial charge on any atom is -0.366 e. The third-order valence-electron chi connectivity index (χ3n) is 2.95. The van der Waals surface area contributed by atoms with Gasteiger partial charge in [-0.1, -0.05) is 24.3 Å². The van der Waals surface area contributed by atoms with Gasteiger partial charge < -0.3 is 11.1 Å². The number of rotatable bonds is 4. The maximum absolute atomic E-state index is 12.2. The summed E-state index contributed by atoms with van der Waals surface area (Å²) in [7, 11) is 3.69. The number of carbonyl (C=O) groups is 2. The van der Waals surface area contributed by atoms with Crippen LogP contribution in [0.15, 0.2) is 36.4 Å². The monoisotopic (exact) mass is 271 g/mol. The molecule has 0 aliphatic heterocycles. The molecule has 2 rings (SSSR count). The summed E-state index contributed by atoms with van der Waals surface area (Å²) < 4.78 is 0. The van der Waals surface area contributed by atoms with Crippen LogP contribution in [-0.4, -0.2) is 37.5 Å². The van der Waals surface area contributed by atoms with Crippen molar-refractivity contribution in [2.45, 2.75) is 0 Å². The number of nitrogens with two attached hydrogens (primary N) is 1. The van der Waals surface area contributed by atoms with E-state index in [0.29, 0.717) is 12.2 Å². The molecule has 2 aromatic rings. The van der Waals surface area contributed by atoms with Crippen LogP contribution in [-0.2, 0) is 0 Å². The van der Waals surface area contributed by atoms with Gasteiger partial charge in [0, 0.05) is 0 Å². The number of fused-ring (bicyclic) bond motifs is 1. The minimum absolute atomic E-state index is 0.236. The van der Waals surface area contributed by atoms with Crippen molar-refractivity contribution in [3.8, 4) is 0 Å². The molecular weight excluding hydrogens is 254 g/mol. The Morgan fingerprint density at radius 1 is 1.10 bits per heavy atom. The summed E-state index contributed by atoms with van der Waals surface area (Å²) in [5.74, 6) is -0.913. The molecular formula is C15H17N3O2. The van der Waals surface area contributed by atoms with Gasteiger partial charge in [-0.25, -0.2) is 0 Å². The average Bonchev–Trinajstić information content (AvgIpc) is 2.43. The van der Waals surface area contributed by atoms with Crippen LogP contribution in [0.3, 0.4) is 0 Å². The zero-order chi connectivity index (χ0) is 14.7. The molecule has 2 aromatic carbocycles. The number of benzene rings is 2. The summed E-state index contributed by atoms with van der Waals surface area (Å²) in [6.07, 6.45) is 0. The molecule has 5 nitrogen and oxygen atoms in total. The second-order valence-electron chi connectivity index (χ2n) is 4.85. The Labute approximate surface area is 117 Å². The second-order valence-corrected chi connectivity index (χ2v) is 4.85. The molecule has 3 N–H and O–H groups in total. The van der Waals surface area contributed by atoms with E-state index in [1.165, 1.54) is 0 Å². The molecule has 0 aliphatic carbocycles. The van der Waals surface area contributed by atoms with Crippen LogP contribution in [0.4, 0.5) is 0 Å². The number of hydrogen-bond donors (Lipinski definition) is 2. The van der Waals surface area contributed by atoms with Gasteiger partial charge in [0.2, 0.25) is 5.91 Å². The highest BCUT2D eigenvalue weighted by molar-refractivity contribution is 6.10. The summed E-state index contributed by atoms with van der Waals surface area (Å²) in [6, 6.07) is 10.9. The first-order chi connectivity index (χ1) is 9.49. The molecule has 0 aliphatic rings. The number of hydrogen-bond acceptors (Lipinski definition) is 3. The number of carbonyl (C=O) groups excluding carboxylic acids is 2. The quantitative estimate of drug-likeness (QED) is 0.820. The molecule has 0 unspecified atom stereocenters. The van der Waals surface area contributed by atoms with Crippen LogP contribution in [0.25, 0.3) is 10.8 Å². The highest BCUT2D eigenvalue weighted by Gasteiger charge is 2.16. The predicted molar refractivity (Wildman–Crippen MR) is 78.5 cm³/mol. The number of nitrogens with one attached hydrogen (secondary N) is 1. The van der Waals surface area contributed by atoms with E-state index in [1.54, 1.807) is 12.1 Å². The van der Waals surface area contributed by atoms with Gasteiger partial charge in [-0.2, -0.15) is 0 Å². The average molecular weight is 271 g/mol. The molecule has 0 atom stereocenters. The van der Waals surface area contributed by atoms with Gasteiger partial charge in [-0.15, -0.1) is 0 Å². The summed E-state index contributed by atoms with van der Waals surface area (Å²) in [6.45, 7) is 0.393. The van der Waals surface area contributed by atoms with E-state index in [2.05, 4.69) is 5.32 Å². The lowest BCUT2D eigenvalue weighted by atomic mass is 10.00. The van der Waals surface area contributed by atoms with Crippen LogP contribution in [0.1, 0.15) is 20.7 Å². The summed E-state index contributed by atoms with van der Waals surface area (Å²) >= 11 is 0. The van der Waals surface area contributed by atoms with E-state index in [0.717, 1.165) is 10.8 Å². The third kappa shape index (κ3) is 2.95. The van der Waals surface area contributed by atoms with Crippen LogP contribution in [0.5, 0.6) is 0 Å². The lowest BCUT2D eigenvalue weighted by molar-refractivity contribution is 0.0921.